The molecule has 158 valence electrons. The summed E-state index contributed by atoms with van der Waals surface area (Å²) in [5, 5.41) is 6.35. The summed E-state index contributed by atoms with van der Waals surface area (Å²) in [5.41, 5.74) is -0.744. The number of aliphatic imine (C=N–C) groups is 1. The molecule has 0 unspecified atom stereocenters. The Labute approximate surface area is 164 Å². The summed E-state index contributed by atoms with van der Waals surface area (Å²) in [6.07, 6.45) is -0.425. The zero-order chi connectivity index (χ0) is 20.4. The Morgan fingerprint density at radius 2 is 2.04 bits per heavy atom. The lowest BCUT2D eigenvalue weighted by molar-refractivity contribution is -0.137. The van der Waals surface area contributed by atoms with Gasteiger partial charge in [0.15, 0.2) is 5.96 Å². The molecular formula is C19H30F3N5O. The molecule has 0 saturated carbocycles. The molecule has 1 aromatic rings. The molecule has 28 heavy (non-hydrogen) atoms. The molecule has 1 fully saturated rings. The average Bonchev–Trinajstić information content (AvgIpc) is 2.67. The van der Waals surface area contributed by atoms with Crippen LogP contribution in [0.3, 0.4) is 0 Å². The van der Waals surface area contributed by atoms with Crippen LogP contribution in [0.15, 0.2) is 23.3 Å². The van der Waals surface area contributed by atoms with E-state index in [0.717, 1.165) is 63.7 Å². The minimum atomic E-state index is -4.36. The fourth-order valence-electron chi connectivity index (χ4n) is 3.04. The summed E-state index contributed by atoms with van der Waals surface area (Å²) >= 11 is 0. The van der Waals surface area contributed by atoms with Crippen molar-refractivity contribution in [1.29, 1.82) is 0 Å². The number of hydrogen-bond donors (Lipinski definition) is 2. The second-order valence-electron chi connectivity index (χ2n) is 6.59. The molecule has 2 rings (SSSR count). The Balaban J connectivity index is 1.75. The zero-order valence-corrected chi connectivity index (χ0v) is 16.6. The monoisotopic (exact) mass is 401 g/mol. The highest BCUT2D eigenvalue weighted by atomic mass is 19.4. The first-order valence-electron chi connectivity index (χ1n) is 9.86. The Hall–Kier alpha value is -2.03. The van der Waals surface area contributed by atoms with Crippen molar-refractivity contribution >= 4 is 11.8 Å². The highest BCUT2D eigenvalue weighted by molar-refractivity contribution is 5.80. The summed E-state index contributed by atoms with van der Waals surface area (Å²) in [5.74, 6) is 1.34. The smallest absolute Gasteiger partial charge is 0.378 e. The molecule has 0 atom stereocenters. The summed E-state index contributed by atoms with van der Waals surface area (Å²) < 4.78 is 43.3. The van der Waals surface area contributed by atoms with Gasteiger partial charge >= 0.3 is 6.18 Å². The van der Waals surface area contributed by atoms with E-state index in [0.29, 0.717) is 25.0 Å². The van der Waals surface area contributed by atoms with Crippen LogP contribution in [0.5, 0.6) is 0 Å². The van der Waals surface area contributed by atoms with Gasteiger partial charge in [-0.3, -0.25) is 4.99 Å². The number of rotatable bonds is 8. The zero-order valence-electron chi connectivity index (χ0n) is 16.6. The predicted molar refractivity (Wildman–Crippen MR) is 105 cm³/mol. The molecule has 0 aliphatic carbocycles. The number of ether oxygens (including phenoxy) is 1. The van der Waals surface area contributed by atoms with Crippen LogP contribution in [0.25, 0.3) is 0 Å². The van der Waals surface area contributed by atoms with Gasteiger partial charge in [0, 0.05) is 45.5 Å². The Morgan fingerprint density at radius 1 is 1.29 bits per heavy atom. The van der Waals surface area contributed by atoms with Crippen LogP contribution in [0.4, 0.5) is 19.0 Å². The molecule has 0 radical (unpaired) electrons. The van der Waals surface area contributed by atoms with Gasteiger partial charge in [0.2, 0.25) is 0 Å². The molecule has 1 aliphatic heterocycles. The van der Waals surface area contributed by atoms with Crippen LogP contribution in [-0.4, -0.2) is 61.3 Å². The Bertz CT molecular complexity index is 599. The third kappa shape index (κ3) is 7.18. The third-order valence-electron chi connectivity index (χ3n) is 4.47. The number of guanidine groups is 1. The quantitative estimate of drug-likeness (QED) is 0.397. The number of halogens is 3. The van der Waals surface area contributed by atoms with Crippen molar-refractivity contribution in [2.75, 3.05) is 44.6 Å². The highest BCUT2D eigenvalue weighted by Gasteiger charge is 2.30. The molecule has 0 bridgehead atoms. The van der Waals surface area contributed by atoms with E-state index in [1.807, 2.05) is 13.8 Å². The van der Waals surface area contributed by atoms with Crippen molar-refractivity contribution in [3.63, 3.8) is 0 Å². The average molecular weight is 401 g/mol. The van der Waals surface area contributed by atoms with E-state index >= 15 is 0 Å². The number of hydrogen-bond acceptors (Lipinski definition) is 4. The maximum atomic E-state index is 12.5. The van der Waals surface area contributed by atoms with E-state index in [4.69, 9.17) is 4.74 Å². The van der Waals surface area contributed by atoms with E-state index < -0.39 is 11.7 Å². The maximum Gasteiger partial charge on any atom is 0.417 e. The van der Waals surface area contributed by atoms with Crippen molar-refractivity contribution in [2.24, 2.45) is 4.99 Å². The Kier molecular flexibility index (Phi) is 8.82. The number of nitrogens with zero attached hydrogens (tertiary/aromatic N) is 3. The number of piperidine rings is 1. The van der Waals surface area contributed by atoms with E-state index in [1.54, 1.807) is 0 Å². The van der Waals surface area contributed by atoms with Crippen LogP contribution < -0.4 is 10.6 Å². The van der Waals surface area contributed by atoms with Gasteiger partial charge < -0.3 is 20.3 Å². The van der Waals surface area contributed by atoms with Crippen molar-refractivity contribution < 1.29 is 17.9 Å². The molecule has 1 aliphatic rings. The molecule has 9 heteroatoms. The molecule has 2 heterocycles. The lowest BCUT2D eigenvalue weighted by Gasteiger charge is -2.34. The lowest BCUT2D eigenvalue weighted by Crippen LogP contribution is -2.47. The van der Waals surface area contributed by atoms with Crippen molar-refractivity contribution in [2.45, 2.75) is 45.4 Å². The van der Waals surface area contributed by atoms with Crippen LogP contribution >= 0.6 is 0 Å². The van der Waals surface area contributed by atoms with Gasteiger partial charge in [0.25, 0.3) is 0 Å². The summed E-state index contributed by atoms with van der Waals surface area (Å²) in [6, 6.07) is 2.38. The second-order valence-corrected chi connectivity index (χ2v) is 6.59. The van der Waals surface area contributed by atoms with Crippen molar-refractivity contribution in [3.05, 3.63) is 23.9 Å². The van der Waals surface area contributed by atoms with Crippen LogP contribution in [0.2, 0.25) is 0 Å². The first-order chi connectivity index (χ1) is 13.4. The van der Waals surface area contributed by atoms with Gasteiger partial charge in [-0.05, 0) is 45.2 Å². The SMILES string of the molecule is CCNC(=NCCCNc1ccc(C(F)(F)F)cn1)N1CCC(OCC)CC1. The molecule has 0 amide bonds. The first kappa shape index (κ1) is 22.3. The van der Waals surface area contributed by atoms with Crippen LogP contribution in [0.1, 0.15) is 38.7 Å². The van der Waals surface area contributed by atoms with Gasteiger partial charge in [0.1, 0.15) is 5.82 Å². The summed E-state index contributed by atoms with van der Waals surface area (Å²) in [6.45, 7) is 8.67. The fraction of sp³-hybridized carbons (Fsp3) is 0.684. The summed E-state index contributed by atoms with van der Waals surface area (Å²) in [7, 11) is 0. The Morgan fingerprint density at radius 3 is 2.61 bits per heavy atom. The highest BCUT2D eigenvalue weighted by Crippen LogP contribution is 2.28. The van der Waals surface area contributed by atoms with E-state index in [-0.39, 0.29) is 0 Å². The van der Waals surface area contributed by atoms with Gasteiger partial charge in [-0.1, -0.05) is 0 Å². The largest absolute Gasteiger partial charge is 0.417 e. The lowest BCUT2D eigenvalue weighted by atomic mass is 10.1. The number of alkyl halides is 3. The number of anilines is 1. The van der Waals surface area contributed by atoms with Gasteiger partial charge in [-0.2, -0.15) is 13.2 Å². The molecule has 2 N–H and O–H groups in total. The van der Waals surface area contributed by atoms with E-state index in [1.165, 1.54) is 6.07 Å². The van der Waals surface area contributed by atoms with Crippen LogP contribution in [-0.2, 0) is 10.9 Å². The fourth-order valence-corrected chi connectivity index (χ4v) is 3.04. The maximum absolute atomic E-state index is 12.5. The van der Waals surface area contributed by atoms with E-state index in [2.05, 4.69) is 25.5 Å². The molecule has 6 nitrogen and oxygen atoms in total. The predicted octanol–water partition coefficient (Wildman–Crippen LogP) is 3.37. The number of pyridine rings is 1. The second kappa shape index (κ2) is 11.1. The number of nitrogens with one attached hydrogen (secondary N) is 2. The molecule has 0 spiro atoms. The van der Waals surface area contributed by atoms with Crippen molar-refractivity contribution in [1.82, 2.24) is 15.2 Å². The molecule has 0 aromatic carbocycles. The standard InChI is InChI=1S/C19H30F3N5O/c1-3-23-18(27-12-8-16(9-13-27)28-4-2)25-11-5-10-24-17-7-6-15(14-26-17)19(20,21)22/h6-7,14,16H,3-5,8-13H2,1-2H3,(H,23,25)(H,24,26). The van der Waals surface area contributed by atoms with Crippen molar-refractivity contribution in [3.8, 4) is 0 Å². The first-order valence-corrected chi connectivity index (χ1v) is 9.86. The number of likely N-dealkylation sites (tertiary alicyclic amines) is 1. The number of aromatic nitrogens is 1. The minimum absolute atomic E-state index is 0.338. The van der Waals surface area contributed by atoms with E-state index in [9.17, 15) is 13.2 Å². The third-order valence-corrected chi connectivity index (χ3v) is 4.47. The minimum Gasteiger partial charge on any atom is -0.378 e. The summed E-state index contributed by atoms with van der Waals surface area (Å²) in [4.78, 5) is 10.7. The topological polar surface area (TPSA) is 61.8 Å². The van der Waals surface area contributed by atoms with Gasteiger partial charge in [-0.25, -0.2) is 4.98 Å². The van der Waals surface area contributed by atoms with Gasteiger partial charge in [0.05, 0.1) is 11.7 Å². The van der Waals surface area contributed by atoms with Crippen LogP contribution in [0, 0.1) is 0 Å². The normalized spacial score (nSPS) is 16.3. The molecular weight excluding hydrogens is 371 g/mol. The molecule has 1 saturated heterocycles. The molecule has 1 aromatic heterocycles. The van der Waals surface area contributed by atoms with Gasteiger partial charge in [-0.15, -0.1) is 0 Å².